The number of carbonyl (C=O) groups excluding carboxylic acids is 1. The smallest absolute Gasteiger partial charge is 0.354 e. The first kappa shape index (κ1) is 25.3. The molecule has 1 amide bonds. The molecular formula is C27H31F3N6O. The van der Waals surface area contributed by atoms with Crippen LogP contribution in [-0.2, 0) is 11.0 Å². The van der Waals surface area contributed by atoms with Crippen LogP contribution in [0, 0.1) is 0 Å². The summed E-state index contributed by atoms with van der Waals surface area (Å²) in [5, 5.41) is 5.01. The van der Waals surface area contributed by atoms with E-state index in [2.05, 4.69) is 45.9 Å². The van der Waals surface area contributed by atoms with Gasteiger partial charge in [0.25, 0.3) is 0 Å². The molecule has 0 saturated carbocycles. The van der Waals surface area contributed by atoms with E-state index in [0.29, 0.717) is 23.7 Å². The number of carbonyl (C=O) groups is 1. The van der Waals surface area contributed by atoms with Gasteiger partial charge in [0.05, 0.1) is 12.2 Å². The van der Waals surface area contributed by atoms with Gasteiger partial charge in [-0.2, -0.15) is 18.3 Å². The van der Waals surface area contributed by atoms with Crippen LogP contribution >= 0.6 is 0 Å². The highest BCUT2D eigenvalue weighted by Crippen LogP contribution is 2.40. The molecule has 5 rings (SSSR count). The number of hydrogen-bond donors (Lipinski definition) is 1. The lowest BCUT2D eigenvalue weighted by Gasteiger charge is -2.32. The number of benzene rings is 1. The van der Waals surface area contributed by atoms with E-state index in [-0.39, 0.29) is 17.5 Å². The van der Waals surface area contributed by atoms with Crippen molar-refractivity contribution in [3.05, 3.63) is 53.5 Å². The zero-order valence-corrected chi connectivity index (χ0v) is 21.4. The number of piperidine rings is 1. The van der Waals surface area contributed by atoms with Crippen molar-refractivity contribution in [2.45, 2.75) is 44.7 Å². The first-order valence-corrected chi connectivity index (χ1v) is 12.5. The van der Waals surface area contributed by atoms with Gasteiger partial charge in [-0.1, -0.05) is 19.9 Å². The van der Waals surface area contributed by atoms with Gasteiger partial charge in [0.1, 0.15) is 11.9 Å². The van der Waals surface area contributed by atoms with E-state index in [0.717, 1.165) is 54.8 Å². The molecule has 0 radical (unpaired) electrons. The lowest BCUT2D eigenvalue weighted by Crippen LogP contribution is -2.40. The van der Waals surface area contributed by atoms with Gasteiger partial charge in [-0.05, 0) is 67.1 Å². The average Bonchev–Trinajstić information content (AvgIpc) is 3.47. The summed E-state index contributed by atoms with van der Waals surface area (Å²) < 4.78 is 42.7. The van der Waals surface area contributed by atoms with Crippen molar-refractivity contribution in [3.8, 4) is 11.3 Å². The second-order valence-corrected chi connectivity index (χ2v) is 10.4. The van der Waals surface area contributed by atoms with Gasteiger partial charge in [-0.25, -0.2) is 9.50 Å². The van der Waals surface area contributed by atoms with E-state index < -0.39 is 11.7 Å². The highest BCUT2D eigenvalue weighted by atomic mass is 19.4. The van der Waals surface area contributed by atoms with Crippen molar-refractivity contribution in [2.75, 3.05) is 33.7 Å². The van der Waals surface area contributed by atoms with Gasteiger partial charge >= 0.3 is 6.18 Å². The molecule has 7 nitrogen and oxygen atoms in total. The van der Waals surface area contributed by atoms with Gasteiger partial charge in [0.2, 0.25) is 5.91 Å². The molecule has 4 aromatic rings. The number of nitrogens with one attached hydrogen (secondary N) is 1. The van der Waals surface area contributed by atoms with Crippen LogP contribution < -0.4 is 0 Å². The Hall–Kier alpha value is -3.40. The molecule has 1 saturated heterocycles. The fraction of sp³-hybridized carbons (Fsp3) is 0.444. The highest BCUT2D eigenvalue weighted by Gasteiger charge is 2.35. The minimum atomic E-state index is -4.55. The number of nitrogens with zero attached hydrogens (tertiary/aromatic N) is 5. The summed E-state index contributed by atoms with van der Waals surface area (Å²) in [6.45, 7) is 6.26. The first-order chi connectivity index (χ1) is 17.5. The van der Waals surface area contributed by atoms with Crippen LogP contribution in [0.15, 0.2) is 36.8 Å². The number of fused-ring (bicyclic) bond motifs is 2. The highest BCUT2D eigenvalue weighted by molar-refractivity contribution is 5.92. The second-order valence-electron chi connectivity index (χ2n) is 10.4. The molecule has 4 heterocycles. The number of likely N-dealkylation sites (N-methyl/N-ethyl adjacent to an activating group) is 1. The standard InChI is InChI=1S/C27H31F3N6O/c1-16(2)24-20-11-18(17-7-9-35(10-8-17)14-23(37)34(3)4)5-6-22(20)33-25(24)19-12-21(27(28,29)30)26-31-15-32-36(26)13-19/h5-6,11-13,15-17,33H,7-10,14H2,1-4H3. The molecule has 1 aromatic carbocycles. The maximum Gasteiger partial charge on any atom is 0.420 e. The Bertz CT molecular complexity index is 1440. The maximum absolute atomic E-state index is 13.8. The quantitative estimate of drug-likeness (QED) is 0.395. The van der Waals surface area contributed by atoms with Crippen LogP contribution in [-0.4, -0.2) is 69.0 Å². The first-order valence-electron chi connectivity index (χ1n) is 12.5. The van der Waals surface area contributed by atoms with E-state index in [1.54, 1.807) is 25.2 Å². The number of rotatable bonds is 5. The molecule has 0 aliphatic carbocycles. The molecule has 1 fully saturated rings. The summed E-state index contributed by atoms with van der Waals surface area (Å²) in [4.78, 5) is 23.1. The Morgan fingerprint density at radius 2 is 1.92 bits per heavy atom. The SMILES string of the molecule is CC(C)c1c(-c2cc(C(F)(F)F)c3ncnn3c2)[nH]c2ccc(C3CCN(CC(=O)N(C)C)CC3)cc12. The van der Waals surface area contributed by atoms with Gasteiger partial charge < -0.3 is 9.88 Å². The van der Waals surface area contributed by atoms with Crippen molar-refractivity contribution in [1.29, 1.82) is 0 Å². The van der Waals surface area contributed by atoms with E-state index in [9.17, 15) is 18.0 Å². The third-order valence-corrected chi connectivity index (χ3v) is 7.33. The maximum atomic E-state index is 13.8. The van der Waals surface area contributed by atoms with Crippen LogP contribution in [0.25, 0.3) is 27.8 Å². The molecule has 1 N–H and O–H groups in total. The van der Waals surface area contributed by atoms with E-state index >= 15 is 0 Å². The molecule has 0 spiro atoms. The van der Waals surface area contributed by atoms with E-state index in [1.807, 2.05) is 6.07 Å². The fourth-order valence-electron chi connectivity index (χ4n) is 5.34. The summed E-state index contributed by atoms with van der Waals surface area (Å²) >= 11 is 0. The summed E-state index contributed by atoms with van der Waals surface area (Å²) in [6.07, 6.45) is 0.0983. The van der Waals surface area contributed by atoms with Crippen LogP contribution in [0.5, 0.6) is 0 Å². The minimum Gasteiger partial charge on any atom is -0.354 e. The second kappa shape index (κ2) is 9.48. The number of hydrogen-bond acceptors (Lipinski definition) is 4. The average molecular weight is 513 g/mol. The monoisotopic (exact) mass is 512 g/mol. The number of alkyl halides is 3. The molecule has 196 valence electrons. The van der Waals surface area contributed by atoms with Crippen LogP contribution in [0.2, 0.25) is 0 Å². The molecule has 10 heteroatoms. The topological polar surface area (TPSA) is 69.5 Å². The Morgan fingerprint density at radius 1 is 1.19 bits per heavy atom. The number of halogens is 3. The van der Waals surface area contributed by atoms with Crippen molar-refractivity contribution in [1.82, 2.24) is 29.4 Å². The Labute approximate surface area is 213 Å². The van der Waals surface area contributed by atoms with E-state index in [1.165, 1.54) is 10.1 Å². The number of aromatic nitrogens is 4. The molecular weight excluding hydrogens is 481 g/mol. The zero-order chi connectivity index (χ0) is 26.5. The number of likely N-dealkylation sites (tertiary alicyclic amines) is 1. The number of aromatic amines is 1. The van der Waals surface area contributed by atoms with Crippen molar-refractivity contribution in [2.24, 2.45) is 0 Å². The lowest BCUT2D eigenvalue weighted by atomic mass is 9.87. The number of pyridine rings is 1. The Morgan fingerprint density at radius 3 is 2.57 bits per heavy atom. The van der Waals surface area contributed by atoms with Crippen LogP contribution in [0.3, 0.4) is 0 Å². The number of amides is 1. The molecule has 0 atom stereocenters. The third kappa shape index (κ3) is 4.82. The molecule has 3 aromatic heterocycles. The van der Waals surface area contributed by atoms with Crippen molar-refractivity contribution in [3.63, 3.8) is 0 Å². The van der Waals surface area contributed by atoms with Gasteiger partial charge in [0, 0.05) is 36.8 Å². The zero-order valence-electron chi connectivity index (χ0n) is 21.4. The van der Waals surface area contributed by atoms with Crippen molar-refractivity contribution < 1.29 is 18.0 Å². The molecule has 1 aliphatic rings. The summed E-state index contributed by atoms with van der Waals surface area (Å²) in [5.74, 6) is 0.564. The summed E-state index contributed by atoms with van der Waals surface area (Å²) in [7, 11) is 3.55. The largest absolute Gasteiger partial charge is 0.420 e. The molecule has 0 unspecified atom stereocenters. The predicted molar refractivity (Wildman–Crippen MR) is 136 cm³/mol. The summed E-state index contributed by atoms with van der Waals surface area (Å²) in [5.41, 5.74) is 3.17. The predicted octanol–water partition coefficient (Wildman–Crippen LogP) is 5.29. The van der Waals surface area contributed by atoms with Crippen LogP contribution in [0.1, 0.15) is 55.2 Å². The van der Waals surface area contributed by atoms with Gasteiger partial charge in [0.15, 0.2) is 5.65 Å². The van der Waals surface area contributed by atoms with Gasteiger partial charge in [-0.15, -0.1) is 0 Å². The molecule has 0 bridgehead atoms. The van der Waals surface area contributed by atoms with Gasteiger partial charge in [-0.3, -0.25) is 9.69 Å². The third-order valence-electron chi connectivity index (χ3n) is 7.33. The normalized spacial score (nSPS) is 15.8. The number of H-pyrrole nitrogens is 1. The van der Waals surface area contributed by atoms with Crippen LogP contribution in [0.4, 0.5) is 13.2 Å². The van der Waals surface area contributed by atoms with Crippen molar-refractivity contribution >= 4 is 22.5 Å². The Balaban J connectivity index is 1.50. The minimum absolute atomic E-state index is 0.0821. The molecule has 1 aliphatic heterocycles. The lowest BCUT2D eigenvalue weighted by molar-refractivity contribution is -0.136. The fourth-order valence-corrected chi connectivity index (χ4v) is 5.34. The Kier molecular flexibility index (Phi) is 6.47. The molecule has 37 heavy (non-hydrogen) atoms. The van der Waals surface area contributed by atoms with E-state index in [4.69, 9.17) is 0 Å². The summed E-state index contributed by atoms with van der Waals surface area (Å²) in [6, 6.07) is 7.49.